The van der Waals surface area contributed by atoms with Crippen molar-refractivity contribution < 1.29 is 0 Å². The molecule has 0 saturated carbocycles. The minimum absolute atomic E-state index is 0.635. The Morgan fingerprint density at radius 2 is 1.05 bits per heavy atom. The van der Waals surface area contributed by atoms with Crippen LogP contribution in [0.4, 0.5) is 11.4 Å². The van der Waals surface area contributed by atoms with Crippen LogP contribution in [0.15, 0.2) is 58.5 Å². The molecule has 2 aromatic rings. The van der Waals surface area contributed by atoms with Gasteiger partial charge in [-0.25, -0.2) is 0 Å². The number of anilines is 2. The second-order valence-electron chi connectivity index (χ2n) is 4.75. The van der Waals surface area contributed by atoms with Crippen LogP contribution in [0.5, 0.6) is 0 Å². The van der Waals surface area contributed by atoms with Crippen LogP contribution in [-0.2, 0) is 0 Å². The molecule has 4 heteroatoms. The van der Waals surface area contributed by atoms with Gasteiger partial charge in [-0.1, -0.05) is 36.4 Å². The number of hydrogen-bond donors (Lipinski definition) is 2. The van der Waals surface area contributed by atoms with Gasteiger partial charge >= 0.3 is 0 Å². The van der Waals surface area contributed by atoms with E-state index in [0.717, 1.165) is 11.4 Å². The first kappa shape index (κ1) is 12.4. The predicted octanol–water partition coefficient (Wildman–Crippen LogP) is 3.55. The Morgan fingerprint density at radius 1 is 0.650 bits per heavy atom. The summed E-state index contributed by atoms with van der Waals surface area (Å²) >= 11 is 0. The Bertz CT molecular complexity index is 634. The monoisotopic (exact) mass is 264 g/mol. The lowest BCUT2D eigenvalue weighted by Gasteiger charge is -2.17. The second kappa shape index (κ2) is 5.17. The SMILES string of the molecule is Cc1ccccc1NC1=NC(Nc2ccccc2C)=N1. The molecular weight excluding hydrogens is 248 g/mol. The van der Waals surface area contributed by atoms with E-state index < -0.39 is 0 Å². The molecule has 0 radical (unpaired) electrons. The molecule has 0 unspecified atom stereocenters. The molecule has 0 fully saturated rings. The van der Waals surface area contributed by atoms with Crippen molar-refractivity contribution in [1.82, 2.24) is 0 Å². The molecule has 0 amide bonds. The van der Waals surface area contributed by atoms with Gasteiger partial charge in [0.25, 0.3) is 0 Å². The first-order chi connectivity index (χ1) is 9.72. The molecule has 20 heavy (non-hydrogen) atoms. The van der Waals surface area contributed by atoms with Gasteiger partial charge in [0.05, 0.1) is 0 Å². The summed E-state index contributed by atoms with van der Waals surface area (Å²) in [7, 11) is 0. The molecule has 0 aromatic heterocycles. The molecule has 1 heterocycles. The van der Waals surface area contributed by atoms with Crippen molar-refractivity contribution in [3.63, 3.8) is 0 Å². The fraction of sp³-hybridized carbons (Fsp3) is 0.125. The lowest BCUT2D eigenvalue weighted by molar-refractivity contribution is 1.34. The molecule has 0 aliphatic carbocycles. The highest BCUT2D eigenvalue weighted by Crippen LogP contribution is 2.17. The zero-order chi connectivity index (χ0) is 13.9. The fourth-order valence-corrected chi connectivity index (χ4v) is 1.98. The summed E-state index contributed by atoms with van der Waals surface area (Å²) < 4.78 is 0. The van der Waals surface area contributed by atoms with Crippen LogP contribution < -0.4 is 10.6 Å². The summed E-state index contributed by atoms with van der Waals surface area (Å²) in [5, 5.41) is 6.40. The van der Waals surface area contributed by atoms with Gasteiger partial charge in [-0.2, -0.15) is 9.98 Å². The van der Waals surface area contributed by atoms with E-state index in [4.69, 9.17) is 0 Å². The van der Waals surface area contributed by atoms with Crippen molar-refractivity contribution >= 4 is 23.3 Å². The Morgan fingerprint density at radius 3 is 1.45 bits per heavy atom. The van der Waals surface area contributed by atoms with Crippen LogP contribution in [0.3, 0.4) is 0 Å². The Hall–Kier alpha value is -2.62. The van der Waals surface area contributed by atoms with E-state index >= 15 is 0 Å². The number of aliphatic imine (C=N–C) groups is 2. The standard InChI is InChI=1S/C16H16N4/c1-11-7-3-5-9-13(11)17-15-19-16(20-15)18-14-10-6-4-8-12(14)2/h3-10H,1-2H3,(H2,17,18,19,20). The van der Waals surface area contributed by atoms with Gasteiger partial charge in [0.15, 0.2) is 0 Å². The lowest BCUT2D eigenvalue weighted by Crippen LogP contribution is -2.27. The van der Waals surface area contributed by atoms with E-state index in [2.05, 4.69) is 46.6 Å². The number of hydrogen-bond acceptors (Lipinski definition) is 4. The smallest absolute Gasteiger partial charge is 0.233 e. The van der Waals surface area contributed by atoms with Gasteiger partial charge < -0.3 is 10.6 Å². The summed E-state index contributed by atoms with van der Waals surface area (Å²) in [4.78, 5) is 8.68. The Balaban J connectivity index is 1.63. The number of nitrogens with one attached hydrogen (secondary N) is 2. The number of rotatable bonds is 2. The van der Waals surface area contributed by atoms with Crippen LogP contribution in [0, 0.1) is 13.8 Å². The zero-order valence-corrected chi connectivity index (χ0v) is 11.5. The molecule has 0 bridgehead atoms. The van der Waals surface area contributed by atoms with Crippen LogP contribution in [0.2, 0.25) is 0 Å². The van der Waals surface area contributed by atoms with Crippen molar-refractivity contribution in [1.29, 1.82) is 0 Å². The van der Waals surface area contributed by atoms with Gasteiger partial charge in [0, 0.05) is 11.4 Å². The zero-order valence-electron chi connectivity index (χ0n) is 11.5. The van der Waals surface area contributed by atoms with E-state index in [-0.39, 0.29) is 0 Å². The van der Waals surface area contributed by atoms with Crippen LogP contribution in [0.25, 0.3) is 0 Å². The minimum atomic E-state index is 0.635. The van der Waals surface area contributed by atoms with Gasteiger partial charge in [-0.3, -0.25) is 0 Å². The Kier molecular flexibility index (Phi) is 3.21. The molecular formula is C16H16N4. The average molecular weight is 264 g/mol. The number of aryl methyl sites for hydroxylation is 2. The summed E-state index contributed by atoms with van der Waals surface area (Å²) in [5.74, 6) is 1.27. The van der Waals surface area contributed by atoms with E-state index in [1.54, 1.807) is 0 Å². The van der Waals surface area contributed by atoms with E-state index in [1.165, 1.54) is 11.1 Å². The molecule has 3 rings (SSSR count). The first-order valence-electron chi connectivity index (χ1n) is 6.55. The van der Waals surface area contributed by atoms with Gasteiger partial charge in [0.1, 0.15) is 0 Å². The van der Waals surface area contributed by atoms with Crippen LogP contribution in [-0.4, -0.2) is 11.9 Å². The quantitative estimate of drug-likeness (QED) is 0.871. The maximum absolute atomic E-state index is 4.34. The number of nitrogens with zero attached hydrogens (tertiary/aromatic N) is 2. The molecule has 100 valence electrons. The molecule has 0 atom stereocenters. The van der Waals surface area contributed by atoms with Crippen molar-refractivity contribution in [3.05, 3.63) is 59.7 Å². The highest BCUT2D eigenvalue weighted by Gasteiger charge is 2.14. The summed E-state index contributed by atoms with van der Waals surface area (Å²) in [6.07, 6.45) is 0. The van der Waals surface area contributed by atoms with E-state index in [0.29, 0.717) is 11.9 Å². The highest BCUT2D eigenvalue weighted by atomic mass is 15.3. The van der Waals surface area contributed by atoms with Crippen molar-refractivity contribution in [2.45, 2.75) is 13.8 Å². The molecule has 4 nitrogen and oxygen atoms in total. The molecule has 1 aliphatic heterocycles. The van der Waals surface area contributed by atoms with Crippen molar-refractivity contribution in [3.8, 4) is 0 Å². The molecule has 2 N–H and O–H groups in total. The van der Waals surface area contributed by atoms with Crippen molar-refractivity contribution in [2.75, 3.05) is 10.6 Å². The normalized spacial score (nSPS) is 13.1. The van der Waals surface area contributed by atoms with Gasteiger partial charge in [-0.15, -0.1) is 0 Å². The van der Waals surface area contributed by atoms with Gasteiger partial charge in [-0.05, 0) is 37.1 Å². The third kappa shape index (κ3) is 2.54. The lowest BCUT2D eigenvalue weighted by atomic mass is 10.2. The second-order valence-corrected chi connectivity index (χ2v) is 4.75. The topological polar surface area (TPSA) is 48.8 Å². The van der Waals surface area contributed by atoms with Crippen LogP contribution in [0.1, 0.15) is 11.1 Å². The number of guanidine groups is 2. The minimum Gasteiger partial charge on any atom is -0.324 e. The maximum atomic E-state index is 4.34. The van der Waals surface area contributed by atoms with Gasteiger partial charge in [0.2, 0.25) is 11.9 Å². The highest BCUT2D eigenvalue weighted by molar-refractivity contribution is 6.18. The largest absolute Gasteiger partial charge is 0.324 e. The molecule has 0 saturated heterocycles. The predicted molar refractivity (Wildman–Crippen MR) is 84.5 cm³/mol. The molecule has 2 aromatic carbocycles. The van der Waals surface area contributed by atoms with Crippen LogP contribution >= 0.6 is 0 Å². The molecule has 0 spiro atoms. The first-order valence-corrected chi connectivity index (χ1v) is 6.55. The number of para-hydroxylation sites is 2. The van der Waals surface area contributed by atoms with E-state index in [1.807, 2.05) is 36.4 Å². The summed E-state index contributed by atoms with van der Waals surface area (Å²) in [5.41, 5.74) is 4.41. The fourth-order valence-electron chi connectivity index (χ4n) is 1.98. The number of benzene rings is 2. The Labute approximate surface area is 118 Å². The van der Waals surface area contributed by atoms with E-state index in [9.17, 15) is 0 Å². The summed E-state index contributed by atoms with van der Waals surface area (Å²) in [6, 6.07) is 16.1. The average Bonchev–Trinajstić information content (AvgIpc) is 2.40. The third-order valence-corrected chi connectivity index (χ3v) is 3.21. The third-order valence-electron chi connectivity index (χ3n) is 3.21. The maximum Gasteiger partial charge on any atom is 0.233 e. The molecule has 1 aliphatic rings. The van der Waals surface area contributed by atoms with Crippen molar-refractivity contribution in [2.24, 2.45) is 9.98 Å². The summed E-state index contributed by atoms with van der Waals surface area (Å²) in [6.45, 7) is 4.11.